The first-order valence-corrected chi connectivity index (χ1v) is 8.85. The molecular weight excluding hydrogens is 328 g/mol. The van der Waals surface area contributed by atoms with E-state index in [1.54, 1.807) is 23.9 Å². The molecule has 0 aliphatic rings. The summed E-state index contributed by atoms with van der Waals surface area (Å²) in [6.07, 6.45) is 3.23. The summed E-state index contributed by atoms with van der Waals surface area (Å²) in [5, 5.41) is 7.95. The average molecular weight is 346 g/mol. The van der Waals surface area contributed by atoms with Crippen molar-refractivity contribution in [3.05, 3.63) is 33.4 Å². The SMILES string of the molecule is CC(C)(C)c1cc2c(NN=Cc3nc(CN)cs3)ncnc2s1. The Balaban J connectivity index is 1.83. The van der Waals surface area contributed by atoms with E-state index in [0.29, 0.717) is 12.4 Å². The van der Waals surface area contributed by atoms with E-state index in [0.717, 1.165) is 20.9 Å². The molecule has 0 spiro atoms. The van der Waals surface area contributed by atoms with Gasteiger partial charge >= 0.3 is 0 Å². The Kier molecular flexibility index (Phi) is 4.38. The molecule has 3 aromatic rings. The summed E-state index contributed by atoms with van der Waals surface area (Å²) in [6, 6.07) is 2.13. The van der Waals surface area contributed by atoms with Crippen LogP contribution in [-0.2, 0) is 12.0 Å². The minimum Gasteiger partial charge on any atom is -0.325 e. The van der Waals surface area contributed by atoms with Crippen molar-refractivity contribution in [1.82, 2.24) is 15.0 Å². The van der Waals surface area contributed by atoms with Crippen LogP contribution in [0.3, 0.4) is 0 Å². The molecule has 120 valence electrons. The van der Waals surface area contributed by atoms with Gasteiger partial charge < -0.3 is 5.73 Å². The minimum atomic E-state index is 0.0887. The molecule has 6 nitrogen and oxygen atoms in total. The molecule has 3 rings (SSSR count). The quantitative estimate of drug-likeness (QED) is 0.558. The molecule has 0 bridgehead atoms. The number of fused-ring (bicyclic) bond motifs is 1. The van der Waals surface area contributed by atoms with Gasteiger partial charge in [-0.05, 0) is 11.5 Å². The number of hydrogen-bond donors (Lipinski definition) is 2. The molecule has 8 heteroatoms. The topological polar surface area (TPSA) is 89.1 Å². The van der Waals surface area contributed by atoms with Crippen LogP contribution in [0.4, 0.5) is 5.82 Å². The highest BCUT2D eigenvalue weighted by atomic mass is 32.1. The molecule has 0 fully saturated rings. The highest BCUT2D eigenvalue weighted by molar-refractivity contribution is 7.18. The maximum Gasteiger partial charge on any atom is 0.158 e. The fraction of sp³-hybridized carbons (Fsp3) is 0.333. The summed E-state index contributed by atoms with van der Waals surface area (Å²) in [5.74, 6) is 0.702. The largest absolute Gasteiger partial charge is 0.325 e. The Morgan fingerprint density at radius 3 is 2.87 bits per heavy atom. The van der Waals surface area contributed by atoms with Gasteiger partial charge in [-0.2, -0.15) is 5.10 Å². The van der Waals surface area contributed by atoms with Gasteiger partial charge in [0, 0.05) is 16.8 Å². The Hall–Kier alpha value is -1.90. The van der Waals surface area contributed by atoms with Crippen molar-refractivity contribution in [3.8, 4) is 0 Å². The maximum absolute atomic E-state index is 5.55. The number of hydrazone groups is 1. The van der Waals surface area contributed by atoms with E-state index in [-0.39, 0.29) is 5.41 Å². The van der Waals surface area contributed by atoms with Crippen LogP contribution in [0, 0.1) is 0 Å². The molecule has 3 N–H and O–H groups in total. The van der Waals surface area contributed by atoms with Crippen LogP contribution in [0.15, 0.2) is 22.9 Å². The lowest BCUT2D eigenvalue weighted by molar-refractivity contribution is 0.604. The van der Waals surface area contributed by atoms with Crippen LogP contribution >= 0.6 is 22.7 Å². The van der Waals surface area contributed by atoms with E-state index < -0.39 is 0 Å². The second kappa shape index (κ2) is 6.31. The third-order valence-electron chi connectivity index (χ3n) is 3.19. The van der Waals surface area contributed by atoms with Crippen molar-refractivity contribution in [2.45, 2.75) is 32.7 Å². The average Bonchev–Trinajstić information content (AvgIpc) is 3.13. The molecule has 3 aromatic heterocycles. The third kappa shape index (κ3) is 3.54. The number of aromatic nitrogens is 3. The predicted octanol–water partition coefficient (Wildman–Crippen LogP) is 3.35. The van der Waals surface area contributed by atoms with Gasteiger partial charge in [0.15, 0.2) is 5.82 Å². The molecular formula is C15H18N6S2. The van der Waals surface area contributed by atoms with Crippen LogP contribution in [0.25, 0.3) is 10.2 Å². The lowest BCUT2D eigenvalue weighted by atomic mass is 9.94. The van der Waals surface area contributed by atoms with Crippen LogP contribution in [-0.4, -0.2) is 21.2 Å². The summed E-state index contributed by atoms with van der Waals surface area (Å²) in [4.78, 5) is 15.2. The number of anilines is 1. The van der Waals surface area contributed by atoms with Gasteiger partial charge in [-0.3, -0.25) is 5.43 Å². The van der Waals surface area contributed by atoms with E-state index >= 15 is 0 Å². The zero-order valence-corrected chi connectivity index (χ0v) is 14.8. The maximum atomic E-state index is 5.55. The molecule has 0 radical (unpaired) electrons. The number of rotatable bonds is 4. The van der Waals surface area contributed by atoms with E-state index in [4.69, 9.17) is 5.73 Å². The van der Waals surface area contributed by atoms with Gasteiger partial charge in [-0.25, -0.2) is 15.0 Å². The van der Waals surface area contributed by atoms with Crippen molar-refractivity contribution >= 4 is 44.9 Å². The molecule has 0 saturated heterocycles. The summed E-state index contributed by atoms with van der Waals surface area (Å²) in [7, 11) is 0. The van der Waals surface area contributed by atoms with Crippen LogP contribution in [0.5, 0.6) is 0 Å². The van der Waals surface area contributed by atoms with E-state index in [1.165, 1.54) is 16.2 Å². The van der Waals surface area contributed by atoms with Gasteiger partial charge in [0.05, 0.1) is 17.3 Å². The van der Waals surface area contributed by atoms with E-state index in [9.17, 15) is 0 Å². The first kappa shape index (κ1) is 16.0. The van der Waals surface area contributed by atoms with Crippen molar-refractivity contribution in [3.63, 3.8) is 0 Å². The van der Waals surface area contributed by atoms with Gasteiger partial charge in [0.1, 0.15) is 16.2 Å². The van der Waals surface area contributed by atoms with Crippen molar-refractivity contribution in [2.24, 2.45) is 10.8 Å². The summed E-state index contributed by atoms with van der Waals surface area (Å²) in [6.45, 7) is 7.00. The standard InChI is InChI=1S/C15H18N6S2/c1-15(2,3)11-4-10-13(17-8-18-14(10)23-11)21-19-6-12-20-9(5-16)7-22-12/h4,6-8H,5,16H2,1-3H3,(H,17,18,21). The van der Waals surface area contributed by atoms with Crippen molar-refractivity contribution in [2.75, 3.05) is 5.43 Å². The van der Waals surface area contributed by atoms with Crippen molar-refractivity contribution < 1.29 is 0 Å². The smallest absolute Gasteiger partial charge is 0.158 e. The molecule has 0 saturated carbocycles. The molecule has 0 aromatic carbocycles. The summed E-state index contributed by atoms with van der Waals surface area (Å²) in [5.41, 5.74) is 9.50. The molecule has 23 heavy (non-hydrogen) atoms. The number of nitrogens with two attached hydrogens (primary N) is 1. The van der Waals surface area contributed by atoms with Gasteiger partial charge in [0.2, 0.25) is 0 Å². The highest BCUT2D eigenvalue weighted by Crippen LogP contribution is 2.35. The minimum absolute atomic E-state index is 0.0887. The Morgan fingerprint density at radius 2 is 2.17 bits per heavy atom. The molecule has 0 aliphatic carbocycles. The lowest BCUT2D eigenvalue weighted by Gasteiger charge is -2.14. The highest BCUT2D eigenvalue weighted by Gasteiger charge is 2.18. The number of thiazole rings is 1. The molecule has 0 amide bonds. The second-order valence-corrected chi connectivity index (χ2v) is 7.97. The van der Waals surface area contributed by atoms with Gasteiger partial charge in [-0.15, -0.1) is 22.7 Å². The molecule has 0 unspecified atom stereocenters. The molecule has 0 atom stereocenters. The number of thiophene rings is 1. The number of nitrogens with zero attached hydrogens (tertiary/aromatic N) is 4. The van der Waals surface area contributed by atoms with Crippen LogP contribution in [0.1, 0.15) is 36.3 Å². The first-order valence-electron chi connectivity index (χ1n) is 7.16. The first-order chi connectivity index (χ1) is 11.0. The van der Waals surface area contributed by atoms with Gasteiger partial charge in [0.25, 0.3) is 0 Å². The van der Waals surface area contributed by atoms with E-state index in [1.807, 2.05) is 5.38 Å². The number of nitrogens with one attached hydrogen (secondary N) is 1. The van der Waals surface area contributed by atoms with Crippen molar-refractivity contribution in [1.29, 1.82) is 0 Å². The predicted molar refractivity (Wildman–Crippen MR) is 97.3 cm³/mol. The lowest BCUT2D eigenvalue weighted by Crippen LogP contribution is -2.07. The van der Waals surface area contributed by atoms with Gasteiger partial charge in [-0.1, -0.05) is 20.8 Å². The molecule has 0 aliphatic heterocycles. The zero-order chi connectivity index (χ0) is 16.4. The Labute approximate surface area is 142 Å². The van der Waals surface area contributed by atoms with Crippen LogP contribution < -0.4 is 11.2 Å². The fourth-order valence-electron chi connectivity index (χ4n) is 1.94. The van der Waals surface area contributed by atoms with E-state index in [2.05, 4.69) is 52.3 Å². The monoisotopic (exact) mass is 346 g/mol. The molecule has 3 heterocycles. The Morgan fingerprint density at radius 1 is 1.35 bits per heavy atom. The zero-order valence-electron chi connectivity index (χ0n) is 13.2. The number of hydrogen-bond acceptors (Lipinski definition) is 8. The fourth-order valence-corrected chi connectivity index (χ4v) is 3.68. The summed E-state index contributed by atoms with van der Waals surface area (Å²) < 4.78 is 0. The normalized spacial score (nSPS) is 12.3. The summed E-state index contributed by atoms with van der Waals surface area (Å²) >= 11 is 3.20. The second-order valence-electron chi connectivity index (χ2n) is 6.05. The third-order valence-corrected chi connectivity index (χ3v) is 5.49. The van der Waals surface area contributed by atoms with Crippen LogP contribution in [0.2, 0.25) is 0 Å². The Bertz CT molecular complexity index is 843.